The molecule has 0 atom stereocenters. The Labute approximate surface area is 116 Å². The van der Waals surface area contributed by atoms with E-state index < -0.39 is 0 Å². The number of anilines is 2. The Bertz CT molecular complexity index is 706. The molecule has 19 heavy (non-hydrogen) atoms. The third-order valence-corrected chi connectivity index (χ3v) is 4.67. The highest BCUT2D eigenvalue weighted by atomic mass is 32.2. The molecule has 0 bridgehead atoms. The van der Waals surface area contributed by atoms with Crippen LogP contribution in [-0.2, 0) is 6.42 Å². The lowest BCUT2D eigenvalue weighted by atomic mass is 10.1. The fourth-order valence-corrected chi connectivity index (χ4v) is 3.60. The summed E-state index contributed by atoms with van der Waals surface area (Å²) in [6.45, 7) is 0. The molecule has 1 heterocycles. The topological polar surface area (TPSA) is 21.3 Å². The number of allylic oxidation sites excluding steroid dienone is 1. The molecular weight excluding hydrogens is 254 g/mol. The zero-order valence-corrected chi connectivity index (χ0v) is 11.4. The summed E-state index contributed by atoms with van der Waals surface area (Å²) in [5, 5.41) is 3.52. The van der Waals surface area contributed by atoms with Crippen molar-refractivity contribution in [3.8, 4) is 5.75 Å². The van der Waals surface area contributed by atoms with Crippen molar-refractivity contribution in [1.82, 2.24) is 0 Å². The summed E-state index contributed by atoms with van der Waals surface area (Å²) in [4.78, 5) is 2.50. The maximum Gasteiger partial charge on any atom is 0.120 e. The van der Waals surface area contributed by atoms with Gasteiger partial charge in [0.2, 0.25) is 0 Å². The van der Waals surface area contributed by atoms with Crippen LogP contribution in [0, 0.1) is 0 Å². The van der Waals surface area contributed by atoms with Gasteiger partial charge in [-0.1, -0.05) is 23.9 Å². The molecule has 0 saturated carbocycles. The summed E-state index contributed by atoms with van der Waals surface area (Å²) in [5.74, 6) is 0.901. The van der Waals surface area contributed by atoms with Gasteiger partial charge in [0, 0.05) is 9.79 Å². The van der Waals surface area contributed by atoms with Crippen molar-refractivity contribution in [2.45, 2.75) is 16.2 Å². The van der Waals surface area contributed by atoms with Crippen LogP contribution in [-0.4, -0.2) is 7.11 Å². The normalized spacial score (nSPS) is 14.4. The Morgan fingerprint density at radius 3 is 2.89 bits per heavy atom. The van der Waals surface area contributed by atoms with Gasteiger partial charge in [-0.05, 0) is 47.9 Å². The van der Waals surface area contributed by atoms with Crippen molar-refractivity contribution < 1.29 is 4.74 Å². The minimum atomic E-state index is 0.901. The fourth-order valence-electron chi connectivity index (χ4n) is 2.55. The van der Waals surface area contributed by atoms with Crippen LogP contribution in [0.4, 0.5) is 11.4 Å². The molecule has 0 unspecified atom stereocenters. The summed E-state index contributed by atoms with van der Waals surface area (Å²) >= 11 is 1.80. The molecule has 0 amide bonds. The predicted molar refractivity (Wildman–Crippen MR) is 79.6 cm³/mol. The van der Waals surface area contributed by atoms with Gasteiger partial charge in [0.05, 0.1) is 18.5 Å². The molecule has 0 spiro atoms. The van der Waals surface area contributed by atoms with Crippen molar-refractivity contribution in [2.75, 3.05) is 12.4 Å². The van der Waals surface area contributed by atoms with Gasteiger partial charge in [-0.3, -0.25) is 0 Å². The van der Waals surface area contributed by atoms with Gasteiger partial charge in [-0.15, -0.1) is 0 Å². The molecule has 2 aromatic carbocycles. The van der Waals surface area contributed by atoms with E-state index in [0.717, 1.165) is 17.9 Å². The van der Waals surface area contributed by atoms with E-state index in [1.54, 1.807) is 18.9 Å². The largest absolute Gasteiger partial charge is 0.497 e. The molecule has 2 aliphatic rings. The zero-order valence-electron chi connectivity index (χ0n) is 10.6. The van der Waals surface area contributed by atoms with Crippen LogP contribution in [0.5, 0.6) is 5.75 Å². The highest BCUT2D eigenvalue weighted by Gasteiger charge is 2.19. The van der Waals surface area contributed by atoms with E-state index in [0.29, 0.717) is 0 Å². The highest BCUT2D eigenvalue weighted by Crippen LogP contribution is 2.46. The maximum atomic E-state index is 5.29. The molecule has 2 nitrogen and oxygen atoms in total. The van der Waals surface area contributed by atoms with Crippen molar-refractivity contribution in [3.63, 3.8) is 0 Å². The SMILES string of the molecule is COc1ccc2c(c1)Sc1cc3c(cc1N2)CC=C3. The van der Waals surface area contributed by atoms with Gasteiger partial charge in [-0.2, -0.15) is 0 Å². The second-order valence-corrected chi connectivity index (χ2v) is 5.83. The number of ether oxygens (including phenoxy) is 1. The minimum absolute atomic E-state index is 0.901. The first-order valence-electron chi connectivity index (χ1n) is 6.30. The van der Waals surface area contributed by atoms with E-state index in [1.807, 2.05) is 6.07 Å². The quantitative estimate of drug-likeness (QED) is 0.702. The molecule has 2 aromatic rings. The third-order valence-electron chi connectivity index (χ3n) is 3.55. The number of fused-ring (bicyclic) bond motifs is 3. The highest BCUT2D eigenvalue weighted by molar-refractivity contribution is 7.99. The minimum Gasteiger partial charge on any atom is -0.497 e. The predicted octanol–water partition coefficient (Wildman–Crippen LogP) is 4.47. The van der Waals surface area contributed by atoms with Crippen LogP contribution in [0.25, 0.3) is 6.08 Å². The van der Waals surface area contributed by atoms with Crippen LogP contribution in [0.2, 0.25) is 0 Å². The molecule has 0 aromatic heterocycles. The fraction of sp³-hybridized carbons (Fsp3) is 0.125. The molecular formula is C16H13NOS. The van der Waals surface area contributed by atoms with Gasteiger partial charge in [0.15, 0.2) is 0 Å². The van der Waals surface area contributed by atoms with Gasteiger partial charge in [-0.25, -0.2) is 0 Å². The summed E-state index contributed by atoms with van der Waals surface area (Å²) in [5.41, 5.74) is 5.12. The Morgan fingerprint density at radius 2 is 2.00 bits per heavy atom. The number of rotatable bonds is 1. The van der Waals surface area contributed by atoms with E-state index in [1.165, 1.54) is 26.6 Å². The third kappa shape index (κ3) is 1.73. The van der Waals surface area contributed by atoms with Crippen molar-refractivity contribution in [3.05, 3.63) is 47.5 Å². The number of nitrogens with one attached hydrogen (secondary N) is 1. The summed E-state index contributed by atoms with van der Waals surface area (Å²) in [7, 11) is 1.70. The standard InChI is InChI=1S/C16H13NOS/c1-18-12-5-6-13-16(9-12)19-15-8-11-4-2-3-10(11)7-14(15)17-13/h2,4-9,17H,3H2,1H3. The first-order valence-corrected chi connectivity index (χ1v) is 7.11. The molecule has 4 rings (SSSR count). The molecule has 1 aliphatic carbocycles. The molecule has 94 valence electrons. The maximum absolute atomic E-state index is 5.29. The molecule has 3 heteroatoms. The van der Waals surface area contributed by atoms with Crippen molar-refractivity contribution in [2.24, 2.45) is 0 Å². The van der Waals surface area contributed by atoms with E-state index in [9.17, 15) is 0 Å². The zero-order chi connectivity index (χ0) is 12.8. The monoisotopic (exact) mass is 267 g/mol. The van der Waals surface area contributed by atoms with Crippen LogP contribution >= 0.6 is 11.8 Å². The summed E-state index contributed by atoms with van der Waals surface area (Å²) in [6, 6.07) is 10.7. The van der Waals surface area contributed by atoms with Crippen LogP contribution in [0.3, 0.4) is 0 Å². The number of hydrogen-bond donors (Lipinski definition) is 1. The van der Waals surface area contributed by atoms with Crippen LogP contribution in [0.15, 0.2) is 46.2 Å². The van der Waals surface area contributed by atoms with Gasteiger partial charge in [0.25, 0.3) is 0 Å². The first-order chi connectivity index (χ1) is 9.33. The molecule has 0 saturated heterocycles. The Hall–Kier alpha value is -1.87. The average molecular weight is 267 g/mol. The van der Waals surface area contributed by atoms with Crippen molar-refractivity contribution in [1.29, 1.82) is 0 Å². The van der Waals surface area contributed by atoms with E-state index in [2.05, 4.69) is 41.7 Å². The summed E-state index contributed by atoms with van der Waals surface area (Å²) < 4.78 is 5.29. The number of methoxy groups -OCH3 is 1. The second kappa shape index (κ2) is 4.07. The van der Waals surface area contributed by atoms with Crippen LogP contribution < -0.4 is 10.1 Å². The first kappa shape index (κ1) is 11.0. The Kier molecular flexibility index (Phi) is 2.35. The molecule has 0 fully saturated rings. The van der Waals surface area contributed by atoms with Crippen LogP contribution in [0.1, 0.15) is 11.1 Å². The van der Waals surface area contributed by atoms with E-state index in [-0.39, 0.29) is 0 Å². The molecule has 1 N–H and O–H groups in total. The lowest BCUT2D eigenvalue weighted by Crippen LogP contribution is -2.01. The number of hydrogen-bond acceptors (Lipinski definition) is 3. The van der Waals surface area contributed by atoms with E-state index in [4.69, 9.17) is 4.74 Å². The Morgan fingerprint density at radius 1 is 1.11 bits per heavy atom. The number of benzene rings is 2. The van der Waals surface area contributed by atoms with E-state index >= 15 is 0 Å². The summed E-state index contributed by atoms with van der Waals surface area (Å²) in [6.07, 6.45) is 5.47. The molecule has 1 aliphatic heterocycles. The smallest absolute Gasteiger partial charge is 0.120 e. The molecule has 0 radical (unpaired) electrons. The lowest BCUT2D eigenvalue weighted by molar-refractivity contribution is 0.414. The van der Waals surface area contributed by atoms with Crippen molar-refractivity contribution >= 4 is 29.2 Å². The lowest BCUT2D eigenvalue weighted by Gasteiger charge is -2.22. The average Bonchev–Trinajstić information content (AvgIpc) is 2.88. The van der Waals surface area contributed by atoms with Gasteiger partial charge in [0.1, 0.15) is 5.75 Å². The van der Waals surface area contributed by atoms with Gasteiger partial charge >= 0.3 is 0 Å². The second-order valence-electron chi connectivity index (χ2n) is 4.74. The Balaban J connectivity index is 1.80. The van der Waals surface area contributed by atoms with Gasteiger partial charge < -0.3 is 10.1 Å².